The van der Waals surface area contributed by atoms with Crippen molar-refractivity contribution in [1.82, 2.24) is 0 Å². The Morgan fingerprint density at radius 2 is 1.05 bits per heavy atom. The van der Waals surface area contributed by atoms with Crippen LogP contribution in [0.2, 0.25) is 13.1 Å². The molecule has 2 radical (unpaired) electrons. The topological polar surface area (TPSA) is 0 Å². The Bertz CT molecular complexity index is 2200. The molecule has 320 valence electrons. The zero-order valence-electron chi connectivity index (χ0n) is 34.1. The van der Waals surface area contributed by atoms with E-state index in [2.05, 4.69) is 88.5 Å². The summed E-state index contributed by atoms with van der Waals surface area (Å²) in [4.78, 5) is 0. The molecule has 1 aliphatic carbocycles. The van der Waals surface area contributed by atoms with E-state index in [9.17, 15) is 39.5 Å². The Morgan fingerprint density at radius 3 is 1.48 bits per heavy atom. The van der Waals surface area contributed by atoms with Crippen LogP contribution in [0.1, 0.15) is 80.5 Å². The van der Waals surface area contributed by atoms with Crippen molar-refractivity contribution in [2.75, 3.05) is 0 Å². The van der Waals surface area contributed by atoms with Crippen LogP contribution in [0.4, 0.5) is 39.5 Å². The third kappa shape index (κ3) is 11.2. The zero-order valence-corrected chi connectivity index (χ0v) is 39.1. The molecule has 0 aromatic heterocycles. The van der Waals surface area contributed by atoms with Crippen molar-refractivity contribution in [1.29, 1.82) is 0 Å². The average Bonchev–Trinajstić information content (AvgIpc) is 3.78. The number of halogens is 11. The zero-order chi connectivity index (χ0) is 44.6. The van der Waals surface area contributed by atoms with Crippen molar-refractivity contribution < 1.29 is 60.4 Å². The van der Waals surface area contributed by atoms with Crippen molar-refractivity contribution in [2.24, 2.45) is 5.92 Å². The summed E-state index contributed by atoms with van der Waals surface area (Å²) in [6.07, 6.45) is -14.4. The predicted molar refractivity (Wildman–Crippen MR) is 228 cm³/mol. The summed E-state index contributed by atoms with van der Waals surface area (Å²) in [5.74, 6) is 2.26. The van der Waals surface area contributed by atoms with Gasteiger partial charge in [0.15, 0.2) is 0 Å². The Balaban J connectivity index is 0.000000236. The monoisotopic (exact) mass is 970 g/mol. The number of rotatable bonds is 5. The summed E-state index contributed by atoms with van der Waals surface area (Å²) in [6.45, 7) is 13.0. The normalized spacial score (nSPS) is 16.0. The minimum atomic E-state index is -6.63. The molecule has 1 saturated carbocycles. The van der Waals surface area contributed by atoms with E-state index in [0.29, 0.717) is 16.9 Å². The Kier molecular flexibility index (Phi) is 17.4. The summed E-state index contributed by atoms with van der Waals surface area (Å²) in [6, 6.07) is 31.6. The summed E-state index contributed by atoms with van der Waals surface area (Å²) in [5.41, 5.74) is -0.650. The van der Waals surface area contributed by atoms with E-state index in [1.54, 1.807) is 36.8 Å². The third-order valence-electron chi connectivity index (χ3n) is 10.9. The number of alkyl halides is 9. The van der Waals surface area contributed by atoms with Crippen LogP contribution in [-0.2, 0) is 26.3 Å². The van der Waals surface area contributed by atoms with Gasteiger partial charge in [0.1, 0.15) is 0 Å². The Hall–Kier alpha value is -2.85. The van der Waals surface area contributed by atoms with E-state index in [1.165, 1.54) is 53.1 Å². The molecule has 0 unspecified atom stereocenters. The fraction of sp³-hybridized carbons (Fsp3) is 0.362. The van der Waals surface area contributed by atoms with Gasteiger partial charge >= 0.3 is 56.4 Å². The molecule has 0 nitrogen and oxygen atoms in total. The van der Waals surface area contributed by atoms with E-state index < -0.39 is 50.4 Å². The summed E-state index contributed by atoms with van der Waals surface area (Å²) < 4.78 is 119. The number of hydrogen-bond acceptors (Lipinski definition) is 0. The molecule has 0 spiro atoms. The van der Waals surface area contributed by atoms with Gasteiger partial charge in [-0.25, -0.2) is 0 Å². The molecule has 7 rings (SSSR count). The molecule has 1 fully saturated rings. The molecule has 0 amide bonds. The summed E-state index contributed by atoms with van der Waals surface area (Å²) >= 11 is -0.826. The molecule has 0 saturated heterocycles. The van der Waals surface area contributed by atoms with Gasteiger partial charge in [0.25, 0.3) is 5.41 Å². The number of hydrogen-bond donors (Lipinski definition) is 0. The van der Waals surface area contributed by atoms with E-state index >= 15 is 0 Å². The van der Waals surface area contributed by atoms with Crippen LogP contribution in [0.5, 0.6) is 0 Å². The molecule has 0 heterocycles. The van der Waals surface area contributed by atoms with Crippen LogP contribution >= 0.6 is 17.0 Å². The SMILES string of the molecule is CC1CCC(c2cc3c(-c4ccc(C(C)C)cc4)cccc3[cH-]2)CC1.C[Si]C.Cc1cc2c(-c3ccc(C(C(F)(F)F)(C(F)(F)F)C(F)(F)F)cc3)cccc2[cH-]1.[Cl][Zr+2][Cl]. The maximum absolute atomic E-state index is 13.2. The molecule has 1 aliphatic rings. The van der Waals surface area contributed by atoms with E-state index in [4.69, 9.17) is 17.0 Å². The Morgan fingerprint density at radius 1 is 0.633 bits per heavy atom. The molecule has 0 N–H and O–H groups in total. The first kappa shape index (κ1) is 49.8. The average molecular weight is 973 g/mol. The van der Waals surface area contributed by atoms with Gasteiger partial charge in [0.05, 0.1) is 0 Å². The standard InChI is InChI=1S/C25H29.C20H12F9.C2H6Si.2ClH.Zr/c1-17(2)19-11-13-21(14-12-19)24-6-4-5-22-15-23(16-25(22)24)20-9-7-18(3)8-10-20;1-11-9-13-3-2-4-15(16(13)10-11)12-5-7-14(8-6-12)17(18(21,22)23,19(24,25)26)20(27,28)29;1-3-2;;;/h4-6,11-18,20H,7-10H2,1-3H3;2-10H,1H3;1-2H3;2*1H;/q2*-1;;;;+4/p-2. The van der Waals surface area contributed by atoms with Crippen LogP contribution in [0.3, 0.4) is 0 Å². The molecular weight excluding hydrogens is 926 g/mol. The molecular formula is C47H47Cl2F9SiZr. The van der Waals surface area contributed by atoms with Crippen molar-refractivity contribution in [3.8, 4) is 22.3 Å². The third-order valence-corrected chi connectivity index (χ3v) is 10.9. The van der Waals surface area contributed by atoms with Crippen molar-refractivity contribution in [2.45, 2.75) is 102 Å². The molecule has 60 heavy (non-hydrogen) atoms. The second kappa shape index (κ2) is 21.0. The van der Waals surface area contributed by atoms with Crippen molar-refractivity contribution >= 4 is 48.1 Å². The van der Waals surface area contributed by atoms with Crippen LogP contribution in [0, 0.1) is 12.8 Å². The molecule has 0 bridgehead atoms. The molecule has 0 atom stereocenters. The van der Waals surface area contributed by atoms with Gasteiger partial charge < -0.3 is 0 Å². The van der Waals surface area contributed by atoms with Gasteiger partial charge in [-0.15, -0.1) is 69.1 Å². The first-order valence-electron chi connectivity index (χ1n) is 19.5. The second-order valence-corrected chi connectivity index (χ2v) is 20.3. The number of benzene rings is 4. The predicted octanol–water partition coefficient (Wildman–Crippen LogP) is 17.3. The molecule has 6 aromatic carbocycles. The van der Waals surface area contributed by atoms with Crippen LogP contribution < -0.4 is 0 Å². The number of aryl methyl sites for hydroxylation is 1. The second-order valence-electron chi connectivity index (χ2n) is 15.6. The first-order valence-corrected chi connectivity index (χ1v) is 27.8. The van der Waals surface area contributed by atoms with Crippen LogP contribution in [0.15, 0.2) is 109 Å². The maximum atomic E-state index is 13.2. The van der Waals surface area contributed by atoms with Gasteiger partial charge in [-0.2, -0.15) is 51.6 Å². The van der Waals surface area contributed by atoms with Gasteiger partial charge in [-0.05, 0) is 52.8 Å². The number of fused-ring (bicyclic) bond motifs is 2. The van der Waals surface area contributed by atoms with Crippen LogP contribution in [0.25, 0.3) is 43.8 Å². The fourth-order valence-corrected chi connectivity index (χ4v) is 7.90. The van der Waals surface area contributed by atoms with E-state index in [0.717, 1.165) is 44.4 Å². The van der Waals surface area contributed by atoms with Gasteiger partial charge in [0.2, 0.25) is 0 Å². The molecule has 0 aliphatic heterocycles. The van der Waals surface area contributed by atoms with Crippen molar-refractivity contribution in [3.05, 3.63) is 131 Å². The minimum absolute atomic E-state index is 0.199. The van der Waals surface area contributed by atoms with Gasteiger partial charge in [-0.3, -0.25) is 0 Å². The summed E-state index contributed by atoms with van der Waals surface area (Å²) in [5, 5.41) is 4.30. The van der Waals surface area contributed by atoms with Gasteiger partial charge in [0, 0.05) is 9.52 Å². The molecule has 13 heteroatoms. The van der Waals surface area contributed by atoms with Gasteiger partial charge in [-0.1, -0.05) is 125 Å². The van der Waals surface area contributed by atoms with Crippen LogP contribution in [-0.4, -0.2) is 28.0 Å². The van der Waals surface area contributed by atoms with E-state index in [1.807, 2.05) is 6.07 Å². The first-order chi connectivity index (χ1) is 28.1. The van der Waals surface area contributed by atoms with E-state index in [-0.39, 0.29) is 17.7 Å². The molecule has 6 aromatic rings. The van der Waals surface area contributed by atoms with Crippen molar-refractivity contribution in [3.63, 3.8) is 0 Å². The fourth-order valence-electron chi connectivity index (χ4n) is 7.90. The quantitative estimate of drug-likeness (QED) is 0.0917. The summed E-state index contributed by atoms with van der Waals surface area (Å²) in [7, 11) is 11.0. The Labute approximate surface area is 368 Å².